The zero-order valence-electron chi connectivity index (χ0n) is 24.1. The van der Waals surface area contributed by atoms with Crippen LogP contribution in [0.5, 0.6) is 0 Å². The molecule has 2 aliphatic rings. The van der Waals surface area contributed by atoms with E-state index in [-0.39, 0.29) is 24.1 Å². The molecule has 0 aliphatic heterocycles. The molecular weight excluding hydrogens is 558 g/mol. The van der Waals surface area contributed by atoms with Crippen LogP contribution in [-0.4, -0.2) is 42.5 Å². The Hall–Kier alpha value is -3.54. The van der Waals surface area contributed by atoms with E-state index in [9.17, 15) is 24.6 Å². The Bertz CT molecular complexity index is 1750. The van der Waals surface area contributed by atoms with Crippen molar-refractivity contribution in [3.05, 3.63) is 74.3 Å². The van der Waals surface area contributed by atoms with Gasteiger partial charge in [0.2, 0.25) is 5.89 Å². The van der Waals surface area contributed by atoms with Crippen molar-refractivity contribution >= 4 is 27.5 Å². The normalized spacial score (nSPS) is 23.0. The molecule has 10 nitrogen and oxygen atoms in total. The van der Waals surface area contributed by atoms with Gasteiger partial charge in [-0.2, -0.15) is 0 Å². The number of benzene rings is 1. The fraction of sp³-hybridized carbons (Fsp3) is 0.484. The van der Waals surface area contributed by atoms with E-state index < -0.39 is 28.9 Å². The van der Waals surface area contributed by atoms with Gasteiger partial charge in [0.25, 0.3) is 5.56 Å². The van der Waals surface area contributed by atoms with Crippen molar-refractivity contribution in [3.63, 3.8) is 0 Å². The highest BCUT2D eigenvalue weighted by Crippen LogP contribution is 2.46. The lowest BCUT2D eigenvalue weighted by Crippen LogP contribution is -2.52. The predicted octanol–water partition coefficient (Wildman–Crippen LogP) is 4.62. The number of nitrogens with zero attached hydrogens (tertiary/aromatic N) is 3. The Morgan fingerprint density at radius 3 is 2.48 bits per heavy atom. The van der Waals surface area contributed by atoms with Crippen molar-refractivity contribution in [2.45, 2.75) is 83.8 Å². The topological polar surface area (TPSA) is 137 Å². The van der Waals surface area contributed by atoms with Gasteiger partial charge in [-0.15, -0.1) is 11.3 Å². The highest BCUT2D eigenvalue weighted by Gasteiger charge is 2.43. The van der Waals surface area contributed by atoms with E-state index >= 15 is 0 Å². The van der Waals surface area contributed by atoms with Crippen molar-refractivity contribution in [1.29, 1.82) is 0 Å². The number of hydrogen-bond acceptors (Lipinski definition) is 8. The van der Waals surface area contributed by atoms with Gasteiger partial charge in [-0.3, -0.25) is 9.36 Å². The van der Waals surface area contributed by atoms with Gasteiger partial charge in [0.15, 0.2) is 0 Å². The predicted molar refractivity (Wildman–Crippen MR) is 158 cm³/mol. The second-order valence-corrected chi connectivity index (χ2v) is 13.2. The molecule has 2 saturated carbocycles. The number of fused-ring (bicyclic) bond motifs is 2. The smallest absolute Gasteiger partial charge is 0.333 e. The fourth-order valence-electron chi connectivity index (χ4n) is 6.84. The summed E-state index contributed by atoms with van der Waals surface area (Å²) in [7, 11) is 0. The number of aromatic nitrogens is 3. The fourth-order valence-corrected chi connectivity index (χ4v) is 8.08. The van der Waals surface area contributed by atoms with Crippen molar-refractivity contribution in [1.82, 2.24) is 14.1 Å². The van der Waals surface area contributed by atoms with E-state index in [1.807, 2.05) is 31.2 Å². The lowest BCUT2D eigenvalue weighted by atomic mass is 10.0. The van der Waals surface area contributed by atoms with Crippen LogP contribution in [0.4, 0.5) is 0 Å². The SMILES string of the molecule is Cc1ccccc1C(Cn1c(=O)n(C(C)(C)C(=O)O)c(=O)c2c(C)c(-c3ncco3)sc21)O[C@H]1C[C@H]2C[C@@H](O)C[C@H]2C1. The molecule has 3 heterocycles. The van der Waals surface area contributed by atoms with Crippen molar-refractivity contribution in [2.75, 3.05) is 0 Å². The zero-order valence-corrected chi connectivity index (χ0v) is 24.9. The number of hydrogen-bond donors (Lipinski definition) is 2. The first-order valence-electron chi connectivity index (χ1n) is 14.3. The molecule has 0 bridgehead atoms. The second-order valence-electron chi connectivity index (χ2n) is 12.2. The lowest BCUT2D eigenvalue weighted by molar-refractivity contribution is -0.146. The monoisotopic (exact) mass is 593 g/mol. The molecule has 0 radical (unpaired) electrons. The summed E-state index contributed by atoms with van der Waals surface area (Å²) in [4.78, 5) is 45.7. The molecule has 3 aromatic heterocycles. The van der Waals surface area contributed by atoms with Crippen LogP contribution in [0.25, 0.3) is 21.0 Å². The van der Waals surface area contributed by atoms with Crippen LogP contribution in [0, 0.1) is 25.7 Å². The van der Waals surface area contributed by atoms with Crippen molar-refractivity contribution in [2.24, 2.45) is 11.8 Å². The molecule has 222 valence electrons. The van der Waals surface area contributed by atoms with Gasteiger partial charge in [0.1, 0.15) is 22.7 Å². The number of aliphatic carboxylic acids is 1. The van der Waals surface area contributed by atoms with Gasteiger partial charge >= 0.3 is 11.7 Å². The summed E-state index contributed by atoms with van der Waals surface area (Å²) in [6.07, 6.45) is 5.37. The molecule has 11 heteroatoms. The number of carboxylic acids is 1. The molecule has 0 spiro atoms. The van der Waals surface area contributed by atoms with Crippen LogP contribution >= 0.6 is 11.3 Å². The molecule has 1 aromatic carbocycles. The third-order valence-electron chi connectivity index (χ3n) is 9.11. The van der Waals surface area contributed by atoms with Gasteiger partial charge in [0, 0.05) is 0 Å². The quantitative estimate of drug-likeness (QED) is 0.302. The first kappa shape index (κ1) is 28.6. The van der Waals surface area contributed by atoms with Gasteiger partial charge in [-0.25, -0.2) is 19.1 Å². The second kappa shape index (κ2) is 10.6. The molecule has 1 unspecified atom stereocenters. The number of thiophene rings is 1. The number of rotatable bonds is 8. The van der Waals surface area contributed by atoms with E-state index in [4.69, 9.17) is 9.15 Å². The van der Waals surface area contributed by atoms with Crippen LogP contribution < -0.4 is 11.2 Å². The van der Waals surface area contributed by atoms with E-state index in [2.05, 4.69) is 4.98 Å². The summed E-state index contributed by atoms with van der Waals surface area (Å²) in [5, 5.41) is 20.4. The average Bonchev–Trinajstić information content (AvgIpc) is 3.70. The summed E-state index contributed by atoms with van der Waals surface area (Å²) < 4.78 is 14.7. The maximum atomic E-state index is 14.2. The Labute approximate surface area is 246 Å². The van der Waals surface area contributed by atoms with Gasteiger partial charge in [0.05, 0.1) is 35.2 Å². The lowest BCUT2D eigenvalue weighted by Gasteiger charge is -2.27. The summed E-state index contributed by atoms with van der Waals surface area (Å²) in [6.45, 7) is 6.54. The van der Waals surface area contributed by atoms with Gasteiger partial charge in [-0.1, -0.05) is 24.3 Å². The molecule has 4 aromatic rings. The summed E-state index contributed by atoms with van der Waals surface area (Å²) in [5.74, 6) is -0.139. The molecule has 42 heavy (non-hydrogen) atoms. The number of carboxylic acid groups (broad SMARTS) is 1. The Balaban J connectivity index is 1.52. The molecule has 6 rings (SSSR count). The first-order chi connectivity index (χ1) is 20.0. The maximum Gasteiger partial charge on any atom is 0.333 e. The third-order valence-corrected chi connectivity index (χ3v) is 10.4. The number of oxazole rings is 1. The zero-order chi connectivity index (χ0) is 29.9. The molecule has 2 aliphatic carbocycles. The Morgan fingerprint density at radius 1 is 1.17 bits per heavy atom. The Morgan fingerprint density at radius 2 is 1.86 bits per heavy atom. The van der Waals surface area contributed by atoms with Gasteiger partial charge in [-0.05, 0) is 81.9 Å². The average molecular weight is 594 g/mol. The van der Waals surface area contributed by atoms with Gasteiger partial charge < -0.3 is 19.4 Å². The number of aliphatic hydroxyl groups excluding tert-OH is 1. The van der Waals surface area contributed by atoms with Crippen LogP contribution in [0.3, 0.4) is 0 Å². The van der Waals surface area contributed by atoms with Crippen LogP contribution in [0.2, 0.25) is 0 Å². The summed E-state index contributed by atoms with van der Waals surface area (Å²) in [6, 6.07) is 7.86. The molecule has 2 N–H and O–H groups in total. The maximum absolute atomic E-state index is 14.2. The van der Waals surface area contributed by atoms with Crippen molar-refractivity contribution in [3.8, 4) is 10.8 Å². The molecular formula is C31H35N3O7S. The minimum Gasteiger partial charge on any atom is -0.480 e. The van der Waals surface area contributed by atoms with Crippen LogP contribution in [0.1, 0.15) is 62.3 Å². The molecule has 0 saturated heterocycles. The Kier molecular flexibility index (Phi) is 7.23. The third kappa shape index (κ3) is 4.73. The molecule has 0 amide bonds. The number of aryl methyl sites for hydroxylation is 2. The highest BCUT2D eigenvalue weighted by atomic mass is 32.1. The standard InChI is InChI=1S/C31H35N3O7S/c1-16-7-5-6-8-22(16)23(41-21-13-18-11-20(35)12-19(18)14-21)15-33-28-24(17(2)25(42-28)26-32-9-10-40-26)27(36)34(30(33)39)31(3,4)29(37)38/h5-10,18-21,23,35H,11-15H2,1-4H3,(H,37,38)/t18-,19+,20-,21+,23?. The van der Waals surface area contributed by atoms with E-state index in [0.717, 1.165) is 41.4 Å². The minimum absolute atomic E-state index is 0.0439. The van der Waals surface area contributed by atoms with Crippen LogP contribution in [0.15, 0.2) is 50.7 Å². The number of ether oxygens (including phenoxy) is 1. The highest BCUT2D eigenvalue weighted by molar-refractivity contribution is 7.22. The molecule has 2 fully saturated rings. The number of carbonyl (C=O) groups is 1. The largest absolute Gasteiger partial charge is 0.480 e. The first-order valence-corrected chi connectivity index (χ1v) is 15.1. The summed E-state index contributed by atoms with van der Waals surface area (Å²) >= 11 is 1.22. The summed E-state index contributed by atoms with van der Waals surface area (Å²) in [5.41, 5.74) is -0.686. The van der Waals surface area contributed by atoms with Crippen molar-refractivity contribution < 1.29 is 24.2 Å². The molecule has 5 atom stereocenters. The van der Waals surface area contributed by atoms with E-state index in [1.165, 1.54) is 42.2 Å². The minimum atomic E-state index is -1.80. The van der Waals surface area contributed by atoms with E-state index in [1.54, 1.807) is 6.92 Å². The number of aliphatic hydroxyl groups is 1. The van der Waals surface area contributed by atoms with E-state index in [0.29, 0.717) is 33.0 Å². The van der Waals surface area contributed by atoms with Crippen LogP contribution in [-0.2, 0) is 21.6 Å².